The molecule has 0 saturated heterocycles. The summed E-state index contributed by atoms with van der Waals surface area (Å²) in [5.41, 5.74) is 0. The molecule has 0 heterocycles. The molecule has 0 amide bonds. The molecule has 0 atom stereocenters. The van der Waals surface area contributed by atoms with Crippen LogP contribution in [-0.4, -0.2) is 82.0 Å². The summed E-state index contributed by atoms with van der Waals surface area (Å²) in [4.78, 5) is -9.33. The van der Waals surface area contributed by atoms with E-state index in [0.717, 1.165) is 83.1 Å². The Kier molecular flexibility index (Phi) is 11.1. The summed E-state index contributed by atoms with van der Waals surface area (Å²) in [6, 6.07) is 0. The molecule has 18 heteroatoms. The van der Waals surface area contributed by atoms with Gasteiger partial charge in [0.25, 0.3) is 0 Å². The van der Waals surface area contributed by atoms with Crippen LogP contribution < -0.4 is 0 Å². The van der Waals surface area contributed by atoms with Crippen molar-refractivity contribution in [1.29, 1.82) is 0 Å². The van der Waals surface area contributed by atoms with Crippen molar-refractivity contribution in [2.75, 3.05) is 0 Å². The molecule has 1 aromatic rings. The van der Waals surface area contributed by atoms with E-state index in [-0.39, 0.29) is 0 Å². The minimum Gasteiger partial charge on any atom is -0.223 e. The monoisotopic (exact) mass is 714 g/mol. The van der Waals surface area contributed by atoms with Crippen LogP contribution in [0.25, 0.3) is 0 Å². The van der Waals surface area contributed by atoms with Gasteiger partial charge in [-0.05, 0) is 83.1 Å². The topological polar surface area (TPSA) is 205 Å². The molecule has 12 nitrogen and oxygen atoms in total. The first kappa shape index (κ1) is 38.9. The average Bonchev–Trinajstić information content (AvgIpc) is 2.80. The molecular formula is C24H42O12S6. The van der Waals surface area contributed by atoms with E-state index in [0.29, 0.717) is 0 Å². The van der Waals surface area contributed by atoms with Gasteiger partial charge in [-0.25, -0.2) is 50.5 Å². The summed E-state index contributed by atoms with van der Waals surface area (Å²) in [6.45, 7) is 12.8. The summed E-state index contributed by atoms with van der Waals surface area (Å²) in [7, 11) is -30.9. The van der Waals surface area contributed by atoms with Gasteiger partial charge in [0.2, 0.25) is 0 Å². The number of hydrogen-bond acceptors (Lipinski definition) is 12. The molecule has 246 valence electrons. The lowest BCUT2D eigenvalue weighted by Gasteiger charge is -2.29. The Balaban J connectivity index is 5.78. The Hall–Kier alpha value is -1.08. The lowest BCUT2D eigenvalue weighted by atomic mass is 10.3. The predicted molar refractivity (Wildman–Crippen MR) is 160 cm³/mol. The van der Waals surface area contributed by atoms with Crippen molar-refractivity contribution in [2.45, 2.75) is 144 Å². The Morgan fingerprint density at radius 1 is 0.238 bits per heavy atom. The number of rotatable bonds is 12. The van der Waals surface area contributed by atoms with Gasteiger partial charge in [0.15, 0.2) is 59.0 Å². The smallest absolute Gasteiger partial charge is 0.183 e. The molecule has 0 saturated carbocycles. The highest BCUT2D eigenvalue weighted by Gasteiger charge is 2.52. The van der Waals surface area contributed by atoms with Crippen molar-refractivity contribution in [3.05, 3.63) is 0 Å². The van der Waals surface area contributed by atoms with E-state index in [1.165, 1.54) is 0 Å². The first-order chi connectivity index (χ1) is 18.4. The Morgan fingerprint density at radius 2 is 0.310 bits per heavy atom. The van der Waals surface area contributed by atoms with Crippen molar-refractivity contribution in [3.8, 4) is 0 Å². The van der Waals surface area contributed by atoms with Gasteiger partial charge in [0.1, 0.15) is 29.4 Å². The number of benzene rings is 1. The van der Waals surface area contributed by atoms with Crippen molar-refractivity contribution >= 4 is 59.0 Å². The number of sulfone groups is 6. The zero-order valence-electron chi connectivity index (χ0n) is 25.8. The lowest BCUT2D eigenvalue weighted by molar-refractivity contribution is 0.530. The van der Waals surface area contributed by atoms with Crippen LogP contribution >= 0.6 is 0 Å². The third kappa shape index (κ3) is 6.21. The molecule has 0 aliphatic carbocycles. The fourth-order valence-corrected chi connectivity index (χ4v) is 15.3. The van der Waals surface area contributed by atoms with Crippen LogP contribution in [0.4, 0.5) is 0 Å². The lowest BCUT2D eigenvalue weighted by Crippen LogP contribution is -2.35. The standard InChI is InChI=1S/C24H42O12S6/c1-13(2)37(25,26)19-20(38(27,28)14(3)4)22(40(31,32)16(7)8)24(42(35,36)18(11)12)23(41(33,34)17(9)10)21(19)39(29,30)15(5)6/h13-18H,1-12H3. The van der Waals surface area contributed by atoms with Crippen LogP contribution in [0.15, 0.2) is 29.4 Å². The molecule has 0 aliphatic heterocycles. The van der Waals surface area contributed by atoms with Crippen LogP contribution in [0.1, 0.15) is 83.1 Å². The van der Waals surface area contributed by atoms with Crippen LogP contribution in [0.2, 0.25) is 0 Å². The minimum absolute atomic E-state index is 1.07. The van der Waals surface area contributed by atoms with Gasteiger partial charge >= 0.3 is 0 Å². The Bertz CT molecular complexity index is 1510. The van der Waals surface area contributed by atoms with Gasteiger partial charge in [-0.2, -0.15) is 0 Å². The van der Waals surface area contributed by atoms with Gasteiger partial charge < -0.3 is 0 Å². The Labute approximate surface area is 252 Å². The van der Waals surface area contributed by atoms with Gasteiger partial charge in [-0.15, -0.1) is 0 Å². The van der Waals surface area contributed by atoms with Crippen molar-refractivity contribution in [3.63, 3.8) is 0 Å². The fourth-order valence-electron chi connectivity index (χ4n) is 3.58. The molecule has 0 radical (unpaired) electrons. The highest BCUT2D eigenvalue weighted by atomic mass is 32.2. The molecule has 0 bridgehead atoms. The van der Waals surface area contributed by atoms with E-state index >= 15 is 0 Å². The van der Waals surface area contributed by atoms with Crippen molar-refractivity contribution in [1.82, 2.24) is 0 Å². The zero-order chi connectivity index (χ0) is 33.9. The second-order valence-corrected chi connectivity index (χ2v) is 26.2. The van der Waals surface area contributed by atoms with E-state index < -0.39 is 120 Å². The predicted octanol–water partition coefficient (Wildman–Crippen LogP) is 2.78. The second-order valence-electron chi connectivity index (χ2n) is 11.5. The molecule has 0 N–H and O–H groups in total. The van der Waals surface area contributed by atoms with Crippen LogP contribution in [0.5, 0.6) is 0 Å². The third-order valence-electron chi connectivity index (χ3n) is 6.67. The molecule has 0 fully saturated rings. The highest BCUT2D eigenvalue weighted by molar-refractivity contribution is 7.99. The fraction of sp³-hybridized carbons (Fsp3) is 0.750. The number of hydrogen-bond donors (Lipinski definition) is 0. The van der Waals surface area contributed by atoms with Gasteiger partial charge in [0, 0.05) is 0 Å². The highest BCUT2D eigenvalue weighted by Crippen LogP contribution is 2.49. The van der Waals surface area contributed by atoms with Gasteiger partial charge in [-0.3, -0.25) is 0 Å². The van der Waals surface area contributed by atoms with E-state index in [1.54, 1.807) is 0 Å². The van der Waals surface area contributed by atoms with Gasteiger partial charge in [-0.1, -0.05) is 0 Å². The molecule has 42 heavy (non-hydrogen) atoms. The molecule has 0 spiro atoms. The molecule has 0 aromatic heterocycles. The maximum absolute atomic E-state index is 14.0. The summed E-state index contributed by atoms with van der Waals surface area (Å²) < 4.78 is 168. The van der Waals surface area contributed by atoms with E-state index in [1.807, 2.05) is 0 Å². The second kappa shape index (κ2) is 12.0. The van der Waals surface area contributed by atoms with E-state index in [9.17, 15) is 50.5 Å². The molecule has 1 aromatic carbocycles. The first-order valence-electron chi connectivity index (χ1n) is 13.1. The summed E-state index contributed by atoms with van der Waals surface area (Å²) in [6.07, 6.45) is 0. The molecule has 0 aliphatic rings. The average molecular weight is 715 g/mol. The van der Waals surface area contributed by atoms with E-state index in [2.05, 4.69) is 0 Å². The molecule has 0 unspecified atom stereocenters. The molecule has 1 rings (SSSR count). The van der Waals surface area contributed by atoms with Gasteiger partial charge in [0.05, 0.1) is 31.5 Å². The maximum Gasteiger partial charge on any atom is 0.183 e. The minimum atomic E-state index is -5.15. The van der Waals surface area contributed by atoms with Crippen LogP contribution in [-0.2, 0) is 59.0 Å². The van der Waals surface area contributed by atoms with Crippen molar-refractivity contribution < 1.29 is 50.5 Å². The quantitative estimate of drug-likeness (QED) is 0.307. The van der Waals surface area contributed by atoms with Crippen molar-refractivity contribution in [2.24, 2.45) is 0 Å². The first-order valence-corrected chi connectivity index (χ1v) is 22.3. The summed E-state index contributed by atoms with van der Waals surface area (Å²) in [5.74, 6) is 0. The van der Waals surface area contributed by atoms with Crippen LogP contribution in [0.3, 0.4) is 0 Å². The normalized spacial score (nSPS) is 14.7. The third-order valence-corrected chi connectivity index (χ3v) is 20.8. The summed E-state index contributed by atoms with van der Waals surface area (Å²) in [5, 5.41) is -9.52. The molecular weight excluding hydrogens is 673 g/mol. The summed E-state index contributed by atoms with van der Waals surface area (Å²) >= 11 is 0. The van der Waals surface area contributed by atoms with E-state index in [4.69, 9.17) is 0 Å². The SMILES string of the molecule is CC(C)S(=O)(=O)c1c(S(=O)(=O)C(C)C)c(S(=O)(=O)C(C)C)c(S(=O)(=O)C(C)C)c(S(=O)(=O)C(C)C)c1S(=O)(=O)C(C)C. The van der Waals surface area contributed by atoms with Crippen LogP contribution in [0, 0.1) is 0 Å². The maximum atomic E-state index is 14.0. The largest absolute Gasteiger partial charge is 0.223 e. The Morgan fingerprint density at radius 3 is 0.357 bits per heavy atom. The zero-order valence-corrected chi connectivity index (χ0v) is 30.7.